The molecular weight excluding hydrogens is 592 g/mol. The molecule has 2 aromatic heterocycles. The number of alkyl halides is 1. The van der Waals surface area contributed by atoms with Gasteiger partial charge in [-0.15, -0.1) is 0 Å². The number of amides is 3. The third kappa shape index (κ3) is 6.68. The van der Waals surface area contributed by atoms with Gasteiger partial charge in [-0.25, -0.2) is 13.8 Å². The second-order valence-corrected chi connectivity index (χ2v) is 12.1. The summed E-state index contributed by atoms with van der Waals surface area (Å²) in [5.74, 6) is -0.849. The molecule has 1 aliphatic heterocycles. The molecule has 3 atom stereocenters. The molecule has 3 amide bonds. The average molecular weight is 628 g/mol. The number of hydrogen-bond acceptors (Lipinski definition) is 6. The summed E-state index contributed by atoms with van der Waals surface area (Å²) in [7, 11) is 0. The Morgan fingerprint density at radius 2 is 1.91 bits per heavy atom. The van der Waals surface area contributed by atoms with Crippen LogP contribution in [0.5, 0.6) is 0 Å². The van der Waals surface area contributed by atoms with Crippen LogP contribution in [0, 0.1) is 25.6 Å². The predicted molar refractivity (Wildman–Crippen MR) is 169 cm³/mol. The topological polar surface area (TPSA) is 117 Å². The van der Waals surface area contributed by atoms with Crippen molar-refractivity contribution in [2.24, 2.45) is 5.92 Å². The van der Waals surface area contributed by atoms with Gasteiger partial charge in [-0.1, -0.05) is 35.5 Å². The van der Waals surface area contributed by atoms with Crippen molar-refractivity contribution in [3.05, 3.63) is 88.7 Å². The van der Waals surface area contributed by atoms with Crippen LogP contribution in [0.3, 0.4) is 0 Å². The van der Waals surface area contributed by atoms with E-state index < -0.39 is 48.3 Å². The summed E-state index contributed by atoms with van der Waals surface area (Å²) in [5, 5.41) is 10.1. The number of carbonyl (C=O) groups is 3. The van der Waals surface area contributed by atoms with Crippen LogP contribution in [-0.4, -0.2) is 58.1 Å². The van der Waals surface area contributed by atoms with Gasteiger partial charge >= 0.3 is 0 Å². The van der Waals surface area contributed by atoms with Crippen molar-refractivity contribution in [3.63, 3.8) is 0 Å². The van der Waals surface area contributed by atoms with E-state index in [1.165, 1.54) is 29.2 Å². The standard InChI is InChI=1S/C35H35F2N5O4/c1-19(28-15-25(33-20(2)41-46-21(33)3)9-8-23(28)7-6-22-4-5-22)39-35(45)31-16-27(37)18-42(31)32(43)17-38-34(44)30-12-10-24-14-26(36)11-13-29(24)40-30/h6-15,19,22,27,31H,4-5,16-18H2,1-3H3,(H,38,44)(H,39,45)/b7-6+/t19-,27+,31-/m0/s1. The smallest absolute Gasteiger partial charge is 0.270 e. The minimum Gasteiger partial charge on any atom is -0.361 e. The molecule has 46 heavy (non-hydrogen) atoms. The van der Waals surface area contributed by atoms with E-state index in [0.717, 1.165) is 40.8 Å². The summed E-state index contributed by atoms with van der Waals surface area (Å²) in [5.41, 5.74) is 4.84. The van der Waals surface area contributed by atoms with Gasteiger partial charge in [0.15, 0.2) is 0 Å². The molecule has 3 heterocycles. The molecular formula is C35H35F2N5O4. The number of aryl methyl sites for hydroxylation is 2. The maximum Gasteiger partial charge on any atom is 0.270 e. The van der Waals surface area contributed by atoms with E-state index in [4.69, 9.17) is 4.52 Å². The fourth-order valence-electron chi connectivity index (χ4n) is 5.95. The highest BCUT2D eigenvalue weighted by Crippen LogP contribution is 2.34. The van der Waals surface area contributed by atoms with Crippen LogP contribution in [0.1, 0.15) is 65.3 Å². The molecule has 0 unspecified atom stereocenters. The Balaban J connectivity index is 1.15. The van der Waals surface area contributed by atoms with E-state index in [0.29, 0.717) is 22.6 Å². The van der Waals surface area contributed by atoms with Crippen molar-refractivity contribution in [3.8, 4) is 11.1 Å². The van der Waals surface area contributed by atoms with Gasteiger partial charge < -0.3 is 20.1 Å². The molecule has 2 aromatic carbocycles. The molecule has 2 N–H and O–H groups in total. The quantitative estimate of drug-likeness (QED) is 0.249. The molecule has 1 aliphatic carbocycles. The number of fused-ring (bicyclic) bond motifs is 1. The Hall–Kier alpha value is -4.93. The zero-order valence-electron chi connectivity index (χ0n) is 25.8. The van der Waals surface area contributed by atoms with Crippen molar-refractivity contribution >= 4 is 34.7 Å². The maximum atomic E-state index is 14.7. The van der Waals surface area contributed by atoms with Crippen molar-refractivity contribution in [1.29, 1.82) is 0 Å². The summed E-state index contributed by atoms with van der Waals surface area (Å²) >= 11 is 0. The largest absolute Gasteiger partial charge is 0.361 e. The number of carbonyl (C=O) groups excluding carboxylic acids is 3. The van der Waals surface area contributed by atoms with Gasteiger partial charge in [-0.2, -0.15) is 0 Å². The lowest BCUT2D eigenvalue weighted by molar-refractivity contribution is -0.138. The zero-order valence-corrected chi connectivity index (χ0v) is 25.8. The first kappa shape index (κ1) is 31.1. The van der Waals surface area contributed by atoms with Crippen LogP contribution in [0.2, 0.25) is 0 Å². The average Bonchev–Trinajstić information content (AvgIpc) is 3.70. The molecule has 4 aromatic rings. The summed E-state index contributed by atoms with van der Waals surface area (Å²) < 4.78 is 33.5. The number of halogens is 2. The molecule has 2 aliphatic rings. The van der Waals surface area contributed by atoms with Crippen molar-refractivity contribution in [2.45, 2.75) is 58.3 Å². The van der Waals surface area contributed by atoms with Crippen molar-refractivity contribution in [1.82, 2.24) is 25.7 Å². The van der Waals surface area contributed by atoms with E-state index >= 15 is 0 Å². The third-order valence-electron chi connectivity index (χ3n) is 8.56. The molecule has 11 heteroatoms. The van der Waals surface area contributed by atoms with Gasteiger partial charge in [-0.3, -0.25) is 14.4 Å². The fraction of sp³-hybridized carbons (Fsp3) is 0.343. The molecule has 6 rings (SSSR count). The van der Waals surface area contributed by atoms with Gasteiger partial charge in [0, 0.05) is 17.4 Å². The van der Waals surface area contributed by atoms with Crippen molar-refractivity contribution in [2.75, 3.05) is 13.1 Å². The lowest BCUT2D eigenvalue weighted by Gasteiger charge is -2.26. The molecule has 0 bridgehead atoms. The molecule has 2 fully saturated rings. The van der Waals surface area contributed by atoms with E-state index in [1.807, 2.05) is 39.0 Å². The Morgan fingerprint density at radius 3 is 2.65 bits per heavy atom. The second kappa shape index (κ2) is 12.8. The zero-order chi connectivity index (χ0) is 32.5. The number of allylic oxidation sites excluding steroid dienone is 1. The van der Waals surface area contributed by atoms with Gasteiger partial charge in [0.25, 0.3) is 5.91 Å². The number of benzene rings is 2. The highest BCUT2D eigenvalue weighted by atomic mass is 19.1. The summed E-state index contributed by atoms with van der Waals surface area (Å²) in [6, 6.07) is 11.5. The van der Waals surface area contributed by atoms with Gasteiger partial charge in [0.1, 0.15) is 29.5 Å². The third-order valence-corrected chi connectivity index (χ3v) is 8.56. The highest BCUT2D eigenvalue weighted by Gasteiger charge is 2.40. The number of rotatable bonds is 9. The minimum atomic E-state index is -1.38. The van der Waals surface area contributed by atoms with Crippen LogP contribution in [0.25, 0.3) is 28.1 Å². The Bertz CT molecular complexity index is 1830. The lowest BCUT2D eigenvalue weighted by atomic mass is 9.94. The van der Waals surface area contributed by atoms with Crippen LogP contribution in [0.4, 0.5) is 8.78 Å². The van der Waals surface area contributed by atoms with Gasteiger partial charge in [-0.05, 0) is 86.6 Å². The van der Waals surface area contributed by atoms with Crippen LogP contribution >= 0.6 is 0 Å². The second-order valence-electron chi connectivity index (χ2n) is 12.1. The monoisotopic (exact) mass is 627 g/mol. The van der Waals surface area contributed by atoms with Crippen LogP contribution in [0.15, 0.2) is 59.1 Å². The number of aromatic nitrogens is 2. The molecule has 1 saturated carbocycles. The first-order chi connectivity index (χ1) is 22.1. The van der Waals surface area contributed by atoms with E-state index in [1.54, 1.807) is 6.07 Å². The SMILES string of the molecule is Cc1noc(C)c1-c1ccc(/C=C/C2CC2)c([C@H](C)NC(=O)[C@@H]2C[C@@H](F)CN2C(=O)CNC(=O)c2ccc3cc(F)ccc3n2)c1. The Kier molecular flexibility index (Phi) is 8.66. The summed E-state index contributed by atoms with van der Waals surface area (Å²) in [6.45, 7) is 4.89. The first-order valence-corrected chi connectivity index (χ1v) is 15.4. The van der Waals surface area contributed by atoms with E-state index in [9.17, 15) is 23.2 Å². The fourth-order valence-corrected chi connectivity index (χ4v) is 5.95. The number of likely N-dealkylation sites (tertiary alicyclic amines) is 1. The minimum absolute atomic E-state index is 0.0465. The normalized spacial score (nSPS) is 18.7. The highest BCUT2D eigenvalue weighted by molar-refractivity contribution is 5.97. The van der Waals surface area contributed by atoms with E-state index in [-0.39, 0.29) is 18.7 Å². The number of nitrogens with zero attached hydrogens (tertiary/aromatic N) is 3. The van der Waals surface area contributed by atoms with Crippen LogP contribution < -0.4 is 10.6 Å². The van der Waals surface area contributed by atoms with Crippen molar-refractivity contribution < 1.29 is 27.7 Å². The molecule has 1 saturated heterocycles. The number of pyridine rings is 1. The Labute approximate surface area is 265 Å². The van der Waals surface area contributed by atoms with Gasteiger partial charge in [0.05, 0.1) is 30.3 Å². The maximum absolute atomic E-state index is 14.7. The van der Waals surface area contributed by atoms with Gasteiger partial charge in [0.2, 0.25) is 11.8 Å². The number of hydrogen-bond donors (Lipinski definition) is 2. The molecule has 0 radical (unpaired) electrons. The van der Waals surface area contributed by atoms with Crippen LogP contribution in [-0.2, 0) is 9.59 Å². The summed E-state index contributed by atoms with van der Waals surface area (Å²) in [4.78, 5) is 44.9. The lowest BCUT2D eigenvalue weighted by Crippen LogP contribution is -2.49. The number of nitrogens with one attached hydrogen (secondary N) is 2. The molecule has 0 spiro atoms. The Morgan fingerprint density at radius 1 is 1.11 bits per heavy atom. The predicted octanol–water partition coefficient (Wildman–Crippen LogP) is 5.62. The molecule has 238 valence electrons. The van der Waals surface area contributed by atoms with E-state index in [2.05, 4.69) is 32.9 Å². The first-order valence-electron chi connectivity index (χ1n) is 15.4. The molecule has 9 nitrogen and oxygen atoms in total. The summed E-state index contributed by atoms with van der Waals surface area (Å²) in [6.07, 6.45) is 5.04.